The Hall–Kier alpha value is -2.25. The van der Waals surface area contributed by atoms with E-state index in [-0.39, 0.29) is 0 Å². The lowest BCUT2D eigenvalue weighted by Gasteiger charge is -2.01. The van der Waals surface area contributed by atoms with Gasteiger partial charge < -0.3 is 4.98 Å². The maximum atomic E-state index is 5.91. The van der Waals surface area contributed by atoms with Crippen LogP contribution in [0.2, 0.25) is 5.02 Å². The normalized spacial score (nSPS) is 12.4. The topological polar surface area (TPSA) is 15.8 Å². The summed E-state index contributed by atoms with van der Waals surface area (Å²) >= 11 is 5.91. The molecule has 3 aromatic rings. The van der Waals surface area contributed by atoms with Crippen LogP contribution in [0.5, 0.6) is 0 Å². The third kappa shape index (κ3) is 3.49. The summed E-state index contributed by atoms with van der Waals surface area (Å²) in [4.78, 5) is 3.29. The molecule has 2 heteroatoms. The number of halogens is 1. The molecular formula is C20H18ClN. The second-order valence-electron chi connectivity index (χ2n) is 5.46. The van der Waals surface area contributed by atoms with E-state index in [0.29, 0.717) is 0 Å². The lowest BCUT2D eigenvalue weighted by molar-refractivity contribution is 1.14. The van der Waals surface area contributed by atoms with Crippen LogP contribution in [0, 0.1) is 0 Å². The molecule has 2 aromatic carbocycles. The lowest BCUT2D eigenvalue weighted by atomic mass is 10.1. The number of nitrogens with one attached hydrogen (secondary N) is 1. The number of fused-ring (bicyclic) bond motifs is 1. The fraction of sp³-hybridized carbons (Fsp3) is 0.100. The number of para-hydroxylation sites is 1. The molecule has 0 radical (unpaired) electrons. The third-order valence-electron chi connectivity index (χ3n) is 3.67. The van der Waals surface area contributed by atoms with Crippen LogP contribution in [-0.2, 0) is 6.42 Å². The van der Waals surface area contributed by atoms with Gasteiger partial charge in [-0.2, -0.15) is 0 Å². The van der Waals surface area contributed by atoms with Crippen LogP contribution in [0.25, 0.3) is 17.0 Å². The van der Waals surface area contributed by atoms with Crippen molar-refractivity contribution in [3.63, 3.8) is 0 Å². The van der Waals surface area contributed by atoms with E-state index in [9.17, 15) is 0 Å². The van der Waals surface area contributed by atoms with Gasteiger partial charge in [-0.3, -0.25) is 0 Å². The van der Waals surface area contributed by atoms with Crippen LogP contribution >= 0.6 is 11.6 Å². The van der Waals surface area contributed by atoms with Gasteiger partial charge in [0.15, 0.2) is 0 Å². The van der Waals surface area contributed by atoms with Crippen molar-refractivity contribution in [2.45, 2.75) is 13.3 Å². The van der Waals surface area contributed by atoms with Crippen LogP contribution < -0.4 is 0 Å². The van der Waals surface area contributed by atoms with Crippen LogP contribution in [0.1, 0.15) is 18.1 Å². The van der Waals surface area contributed by atoms with Crippen LogP contribution in [0.4, 0.5) is 0 Å². The van der Waals surface area contributed by atoms with Gasteiger partial charge in [-0.05, 0) is 42.7 Å². The quantitative estimate of drug-likeness (QED) is 0.567. The molecule has 0 amide bonds. The summed E-state index contributed by atoms with van der Waals surface area (Å²) in [5, 5.41) is 2.03. The molecule has 0 fully saturated rings. The highest BCUT2D eigenvalue weighted by molar-refractivity contribution is 6.30. The minimum absolute atomic E-state index is 0.782. The summed E-state index contributed by atoms with van der Waals surface area (Å²) in [6.07, 6.45) is 9.40. The van der Waals surface area contributed by atoms with Gasteiger partial charge >= 0.3 is 0 Å². The Morgan fingerprint density at radius 3 is 2.68 bits per heavy atom. The van der Waals surface area contributed by atoms with Gasteiger partial charge in [-0.25, -0.2) is 0 Å². The summed E-state index contributed by atoms with van der Waals surface area (Å²) in [5.74, 6) is 0. The molecule has 0 unspecified atom stereocenters. The summed E-state index contributed by atoms with van der Waals surface area (Å²) in [6, 6.07) is 16.4. The molecule has 0 aliphatic carbocycles. The number of H-pyrrole nitrogens is 1. The van der Waals surface area contributed by atoms with Crippen molar-refractivity contribution in [1.29, 1.82) is 0 Å². The molecule has 0 saturated heterocycles. The standard InChI is InChI=1S/C20H18ClN/c1-15(13-16-9-11-18(21)12-10-16)5-4-6-17-14-22-20-8-3-2-7-19(17)20/h2-12,14,22H,13H2,1H3/b6-4-,15-5+. The Balaban J connectivity index is 1.71. The van der Waals surface area contributed by atoms with Crippen molar-refractivity contribution < 1.29 is 0 Å². The average molecular weight is 308 g/mol. The van der Waals surface area contributed by atoms with E-state index in [2.05, 4.69) is 60.5 Å². The van der Waals surface area contributed by atoms with Gasteiger partial charge in [-0.1, -0.05) is 65.7 Å². The molecule has 22 heavy (non-hydrogen) atoms. The molecule has 0 bridgehead atoms. The predicted octanol–water partition coefficient (Wildman–Crippen LogP) is 6.02. The Kier molecular flexibility index (Phi) is 4.45. The van der Waals surface area contributed by atoms with Crippen molar-refractivity contribution in [1.82, 2.24) is 4.98 Å². The molecule has 0 saturated carbocycles. The van der Waals surface area contributed by atoms with Crippen LogP contribution in [0.15, 0.2) is 72.5 Å². The first-order valence-electron chi connectivity index (χ1n) is 7.37. The van der Waals surface area contributed by atoms with E-state index in [1.54, 1.807) is 0 Å². The van der Waals surface area contributed by atoms with Gasteiger partial charge in [0.2, 0.25) is 0 Å². The van der Waals surface area contributed by atoms with Gasteiger partial charge in [0.25, 0.3) is 0 Å². The second-order valence-corrected chi connectivity index (χ2v) is 5.90. The largest absolute Gasteiger partial charge is 0.361 e. The maximum absolute atomic E-state index is 5.91. The summed E-state index contributed by atoms with van der Waals surface area (Å²) < 4.78 is 0. The average Bonchev–Trinajstić information content (AvgIpc) is 2.93. The Bertz CT molecular complexity index is 822. The number of aromatic nitrogens is 1. The minimum Gasteiger partial charge on any atom is -0.361 e. The smallest absolute Gasteiger partial charge is 0.0460 e. The van der Waals surface area contributed by atoms with Gasteiger partial charge in [0, 0.05) is 22.1 Å². The first kappa shape index (κ1) is 14.7. The highest BCUT2D eigenvalue weighted by atomic mass is 35.5. The lowest BCUT2D eigenvalue weighted by Crippen LogP contribution is -1.85. The first-order chi connectivity index (χ1) is 10.7. The van der Waals surface area contributed by atoms with Crippen LogP contribution in [-0.4, -0.2) is 4.98 Å². The summed E-state index contributed by atoms with van der Waals surface area (Å²) in [7, 11) is 0. The zero-order valence-corrected chi connectivity index (χ0v) is 13.3. The van der Waals surface area contributed by atoms with E-state index in [1.165, 1.54) is 27.6 Å². The molecule has 1 N–H and O–H groups in total. The Morgan fingerprint density at radius 1 is 1.09 bits per heavy atom. The van der Waals surface area contributed by atoms with Gasteiger partial charge in [0.1, 0.15) is 0 Å². The number of benzene rings is 2. The second kappa shape index (κ2) is 6.67. The zero-order valence-electron chi connectivity index (χ0n) is 12.5. The Labute approximate surface area is 135 Å². The maximum Gasteiger partial charge on any atom is 0.0460 e. The van der Waals surface area contributed by atoms with E-state index < -0.39 is 0 Å². The van der Waals surface area contributed by atoms with E-state index in [0.717, 1.165) is 11.4 Å². The molecule has 3 rings (SSSR count). The number of hydrogen-bond acceptors (Lipinski definition) is 0. The fourth-order valence-corrected chi connectivity index (χ4v) is 2.66. The number of aromatic amines is 1. The molecule has 0 spiro atoms. The number of hydrogen-bond donors (Lipinski definition) is 1. The zero-order chi connectivity index (χ0) is 15.4. The summed E-state index contributed by atoms with van der Waals surface area (Å²) in [5.41, 5.74) is 4.98. The molecule has 1 heterocycles. The van der Waals surface area contributed by atoms with Crippen molar-refractivity contribution in [3.8, 4) is 0 Å². The van der Waals surface area contributed by atoms with Crippen molar-refractivity contribution in [2.75, 3.05) is 0 Å². The highest BCUT2D eigenvalue weighted by Gasteiger charge is 1.98. The molecule has 1 aromatic heterocycles. The molecule has 0 aliphatic heterocycles. The number of rotatable bonds is 4. The van der Waals surface area contributed by atoms with Crippen molar-refractivity contribution in [2.24, 2.45) is 0 Å². The predicted molar refractivity (Wildman–Crippen MR) is 96.2 cm³/mol. The SMILES string of the molecule is C/C(=C\C=C/c1c[nH]c2ccccc12)Cc1ccc(Cl)cc1. The van der Waals surface area contributed by atoms with E-state index in [4.69, 9.17) is 11.6 Å². The highest BCUT2D eigenvalue weighted by Crippen LogP contribution is 2.19. The summed E-state index contributed by atoms with van der Waals surface area (Å²) in [6.45, 7) is 2.15. The van der Waals surface area contributed by atoms with E-state index in [1.807, 2.05) is 24.4 Å². The molecule has 1 nitrogen and oxygen atoms in total. The number of allylic oxidation sites excluding steroid dienone is 3. The van der Waals surface area contributed by atoms with Crippen molar-refractivity contribution in [3.05, 3.63) is 88.6 Å². The van der Waals surface area contributed by atoms with E-state index >= 15 is 0 Å². The minimum atomic E-state index is 0.782. The van der Waals surface area contributed by atoms with Crippen molar-refractivity contribution >= 4 is 28.6 Å². The van der Waals surface area contributed by atoms with Gasteiger partial charge in [-0.15, -0.1) is 0 Å². The van der Waals surface area contributed by atoms with Gasteiger partial charge in [0.05, 0.1) is 0 Å². The van der Waals surface area contributed by atoms with Crippen LogP contribution in [0.3, 0.4) is 0 Å². The monoisotopic (exact) mass is 307 g/mol. The Morgan fingerprint density at radius 2 is 1.86 bits per heavy atom. The molecular weight excluding hydrogens is 290 g/mol. The molecule has 0 aliphatic rings. The molecule has 0 atom stereocenters. The molecule has 110 valence electrons. The fourth-order valence-electron chi connectivity index (χ4n) is 2.53. The first-order valence-corrected chi connectivity index (χ1v) is 7.74. The third-order valence-corrected chi connectivity index (χ3v) is 3.93.